The Kier molecular flexibility index (Phi) is 5.15. The molecule has 1 aliphatic heterocycles. The minimum atomic E-state index is 0.0947. The Balaban J connectivity index is 2.14. The summed E-state index contributed by atoms with van der Waals surface area (Å²) < 4.78 is 5.70. The summed E-state index contributed by atoms with van der Waals surface area (Å²) in [6.07, 6.45) is 5.37. The highest BCUT2D eigenvalue weighted by Crippen LogP contribution is 2.32. The molecule has 21 heavy (non-hydrogen) atoms. The van der Waals surface area contributed by atoms with Gasteiger partial charge in [-0.25, -0.2) is 0 Å². The molecule has 2 heterocycles. The molecular weight excluding hydrogens is 266 g/mol. The summed E-state index contributed by atoms with van der Waals surface area (Å²) >= 11 is 0. The molecule has 0 aromatic carbocycles. The van der Waals surface area contributed by atoms with Crippen LogP contribution in [0.3, 0.4) is 0 Å². The minimum Gasteiger partial charge on any atom is -0.425 e. The lowest BCUT2D eigenvalue weighted by molar-refractivity contribution is -0.129. The van der Waals surface area contributed by atoms with Crippen molar-refractivity contribution < 1.29 is 9.21 Å². The average molecular weight is 291 g/mol. The number of hydrogen-bond acceptors (Lipinski definition) is 4. The number of likely N-dealkylation sites (tertiary alicyclic amines) is 1. The van der Waals surface area contributed by atoms with Crippen molar-refractivity contribution in [1.82, 2.24) is 15.1 Å². The first-order valence-electron chi connectivity index (χ1n) is 7.86. The van der Waals surface area contributed by atoms with E-state index in [4.69, 9.17) is 4.42 Å². The number of rotatable bonds is 4. The number of carbonyl (C=O) groups excluding carboxylic acids is 1. The molecule has 0 spiro atoms. The SMILES string of the molecule is CC/C(C)=C/C(=O)N1CCC[C@H](c2nnc(CC)o2)[C@@H]1C. The predicted molar refractivity (Wildman–Crippen MR) is 80.9 cm³/mol. The van der Waals surface area contributed by atoms with Crippen molar-refractivity contribution in [2.75, 3.05) is 6.54 Å². The van der Waals surface area contributed by atoms with Gasteiger partial charge in [0.25, 0.3) is 0 Å². The van der Waals surface area contributed by atoms with Gasteiger partial charge in [-0.1, -0.05) is 19.4 Å². The van der Waals surface area contributed by atoms with Gasteiger partial charge in [0.15, 0.2) is 0 Å². The van der Waals surface area contributed by atoms with Gasteiger partial charge < -0.3 is 9.32 Å². The van der Waals surface area contributed by atoms with Crippen LogP contribution in [-0.2, 0) is 11.2 Å². The van der Waals surface area contributed by atoms with Crippen molar-refractivity contribution in [1.29, 1.82) is 0 Å². The van der Waals surface area contributed by atoms with E-state index >= 15 is 0 Å². The Labute approximate surface area is 126 Å². The van der Waals surface area contributed by atoms with E-state index in [1.807, 2.05) is 18.7 Å². The molecule has 1 amide bonds. The molecule has 5 nitrogen and oxygen atoms in total. The number of aromatic nitrogens is 2. The molecule has 2 atom stereocenters. The Hall–Kier alpha value is -1.65. The first kappa shape index (κ1) is 15.7. The molecule has 1 saturated heterocycles. The van der Waals surface area contributed by atoms with Crippen LogP contribution in [0.25, 0.3) is 0 Å². The molecule has 1 aromatic rings. The molecule has 116 valence electrons. The van der Waals surface area contributed by atoms with E-state index in [-0.39, 0.29) is 17.9 Å². The predicted octanol–water partition coefficient (Wildman–Crippen LogP) is 3.08. The summed E-state index contributed by atoms with van der Waals surface area (Å²) in [5.74, 6) is 1.59. The molecule has 1 fully saturated rings. The van der Waals surface area contributed by atoms with Gasteiger partial charge in [-0.3, -0.25) is 4.79 Å². The lowest BCUT2D eigenvalue weighted by Gasteiger charge is -2.37. The normalized spacial score (nSPS) is 23.4. The highest BCUT2D eigenvalue weighted by molar-refractivity contribution is 5.88. The maximum absolute atomic E-state index is 12.4. The number of amides is 1. The van der Waals surface area contributed by atoms with E-state index in [2.05, 4.69) is 24.0 Å². The van der Waals surface area contributed by atoms with Gasteiger partial charge in [-0.2, -0.15) is 0 Å². The Morgan fingerprint density at radius 1 is 1.43 bits per heavy atom. The largest absolute Gasteiger partial charge is 0.425 e. The van der Waals surface area contributed by atoms with Crippen LogP contribution in [-0.4, -0.2) is 33.6 Å². The smallest absolute Gasteiger partial charge is 0.246 e. The van der Waals surface area contributed by atoms with Crippen molar-refractivity contribution >= 4 is 5.91 Å². The van der Waals surface area contributed by atoms with Crippen molar-refractivity contribution in [3.63, 3.8) is 0 Å². The molecule has 0 saturated carbocycles. The zero-order valence-corrected chi connectivity index (χ0v) is 13.4. The maximum atomic E-state index is 12.4. The number of allylic oxidation sites excluding steroid dienone is 1. The third-order valence-corrected chi connectivity index (χ3v) is 4.30. The molecule has 5 heteroatoms. The first-order valence-corrected chi connectivity index (χ1v) is 7.86. The zero-order valence-electron chi connectivity index (χ0n) is 13.4. The minimum absolute atomic E-state index is 0.0947. The van der Waals surface area contributed by atoms with Gasteiger partial charge in [-0.15, -0.1) is 10.2 Å². The molecule has 0 unspecified atom stereocenters. The third-order valence-electron chi connectivity index (χ3n) is 4.30. The van der Waals surface area contributed by atoms with Gasteiger partial charge in [0.1, 0.15) is 0 Å². The van der Waals surface area contributed by atoms with Crippen molar-refractivity contribution in [2.45, 2.75) is 65.3 Å². The standard InChI is InChI=1S/C16H25N3O2/c1-5-11(3)10-15(20)19-9-7-8-13(12(19)4)16-18-17-14(6-2)21-16/h10,12-13H,5-9H2,1-4H3/b11-10+/t12-,13-/m0/s1. The van der Waals surface area contributed by atoms with Crippen LogP contribution in [0.4, 0.5) is 0 Å². The summed E-state index contributed by atoms with van der Waals surface area (Å²) in [5, 5.41) is 8.21. The van der Waals surface area contributed by atoms with Crippen LogP contribution < -0.4 is 0 Å². The van der Waals surface area contributed by atoms with Gasteiger partial charge in [0.05, 0.1) is 5.92 Å². The van der Waals surface area contributed by atoms with E-state index in [1.165, 1.54) is 0 Å². The number of hydrogen-bond donors (Lipinski definition) is 0. The third kappa shape index (κ3) is 3.52. The number of piperidine rings is 1. The molecule has 1 aliphatic rings. The second-order valence-electron chi connectivity index (χ2n) is 5.75. The second kappa shape index (κ2) is 6.87. The fourth-order valence-electron chi connectivity index (χ4n) is 2.74. The maximum Gasteiger partial charge on any atom is 0.246 e. The summed E-state index contributed by atoms with van der Waals surface area (Å²) in [6.45, 7) is 8.93. The van der Waals surface area contributed by atoms with Crippen LogP contribution in [0.1, 0.15) is 64.7 Å². The lowest BCUT2D eigenvalue weighted by atomic mass is 9.90. The molecule has 0 N–H and O–H groups in total. The quantitative estimate of drug-likeness (QED) is 0.800. The van der Waals surface area contributed by atoms with Crippen molar-refractivity contribution in [3.8, 4) is 0 Å². The van der Waals surface area contributed by atoms with E-state index in [0.717, 1.165) is 37.8 Å². The second-order valence-corrected chi connectivity index (χ2v) is 5.75. The van der Waals surface area contributed by atoms with Gasteiger partial charge in [0.2, 0.25) is 17.7 Å². The topological polar surface area (TPSA) is 59.2 Å². The summed E-state index contributed by atoms with van der Waals surface area (Å²) in [5.41, 5.74) is 1.11. The van der Waals surface area contributed by atoms with Crippen molar-refractivity contribution in [3.05, 3.63) is 23.4 Å². The van der Waals surface area contributed by atoms with Crippen LogP contribution in [0, 0.1) is 0 Å². The summed E-state index contributed by atoms with van der Waals surface area (Å²) in [7, 11) is 0. The monoisotopic (exact) mass is 291 g/mol. The number of aryl methyl sites for hydroxylation is 1. The van der Waals surface area contributed by atoms with Crippen LogP contribution in [0.2, 0.25) is 0 Å². The van der Waals surface area contributed by atoms with Crippen LogP contribution in [0.5, 0.6) is 0 Å². The molecule has 0 radical (unpaired) electrons. The lowest BCUT2D eigenvalue weighted by Crippen LogP contribution is -2.45. The highest BCUT2D eigenvalue weighted by Gasteiger charge is 2.34. The zero-order chi connectivity index (χ0) is 15.4. The van der Waals surface area contributed by atoms with Gasteiger partial charge in [-0.05, 0) is 33.1 Å². The van der Waals surface area contributed by atoms with Gasteiger partial charge >= 0.3 is 0 Å². The van der Waals surface area contributed by atoms with E-state index in [9.17, 15) is 4.79 Å². The Bertz CT molecular complexity index is 521. The number of carbonyl (C=O) groups is 1. The van der Waals surface area contributed by atoms with Gasteiger partial charge in [0, 0.05) is 25.1 Å². The highest BCUT2D eigenvalue weighted by atomic mass is 16.4. The fourth-order valence-corrected chi connectivity index (χ4v) is 2.74. The van der Waals surface area contributed by atoms with Crippen LogP contribution in [0.15, 0.2) is 16.1 Å². The fraction of sp³-hybridized carbons (Fsp3) is 0.688. The summed E-state index contributed by atoms with van der Waals surface area (Å²) in [6, 6.07) is 0.0947. The van der Waals surface area contributed by atoms with E-state index in [1.54, 1.807) is 6.08 Å². The molecule has 1 aromatic heterocycles. The molecule has 0 bridgehead atoms. The molecular formula is C16H25N3O2. The average Bonchev–Trinajstić information content (AvgIpc) is 2.95. The summed E-state index contributed by atoms with van der Waals surface area (Å²) in [4.78, 5) is 14.3. The number of nitrogens with zero attached hydrogens (tertiary/aromatic N) is 3. The van der Waals surface area contributed by atoms with Crippen molar-refractivity contribution in [2.24, 2.45) is 0 Å². The Morgan fingerprint density at radius 3 is 2.81 bits per heavy atom. The van der Waals surface area contributed by atoms with E-state index in [0.29, 0.717) is 11.8 Å². The Morgan fingerprint density at radius 2 is 2.19 bits per heavy atom. The van der Waals surface area contributed by atoms with Crippen LogP contribution >= 0.6 is 0 Å². The molecule has 2 rings (SSSR count). The molecule has 0 aliphatic carbocycles. The van der Waals surface area contributed by atoms with E-state index < -0.39 is 0 Å². The first-order chi connectivity index (χ1) is 10.1.